The Morgan fingerprint density at radius 1 is 1.17 bits per heavy atom. The van der Waals surface area contributed by atoms with E-state index in [1.165, 1.54) is 30.3 Å². The van der Waals surface area contributed by atoms with Gasteiger partial charge in [-0.15, -0.1) is 0 Å². The predicted octanol–water partition coefficient (Wildman–Crippen LogP) is 3.64. The molecule has 0 spiro atoms. The number of primary amides is 1. The Kier molecular flexibility index (Phi) is 4.28. The van der Waals surface area contributed by atoms with Gasteiger partial charge in [-0.1, -0.05) is 30.2 Å². The number of halogens is 2. The van der Waals surface area contributed by atoms with Gasteiger partial charge in [-0.2, -0.15) is 0 Å². The lowest BCUT2D eigenvalue weighted by atomic mass is 9.63. The minimum Gasteiger partial charge on any atom is -0.366 e. The van der Waals surface area contributed by atoms with Crippen LogP contribution < -0.4 is 11.1 Å². The molecule has 0 radical (unpaired) electrons. The number of carbonyl (C=O) groups is 2. The summed E-state index contributed by atoms with van der Waals surface area (Å²) in [4.78, 5) is 24.2. The zero-order valence-electron chi connectivity index (χ0n) is 12.8. The lowest BCUT2D eigenvalue weighted by molar-refractivity contribution is -0.124. The van der Waals surface area contributed by atoms with E-state index in [0.29, 0.717) is 29.1 Å². The molecule has 0 saturated heterocycles. The molecule has 0 aromatic heterocycles. The molecule has 0 bridgehead atoms. The molecule has 0 heterocycles. The Labute approximate surface area is 143 Å². The minimum atomic E-state index is -0.770. The lowest BCUT2D eigenvalue weighted by Crippen LogP contribution is -2.46. The average Bonchev–Trinajstić information content (AvgIpc) is 2.48. The number of hydrogen-bond acceptors (Lipinski definition) is 2. The summed E-state index contributed by atoms with van der Waals surface area (Å²) in [5.41, 5.74) is 5.71. The lowest BCUT2D eigenvalue weighted by Gasteiger charge is -2.40. The van der Waals surface area contributed by atoms with Crippen LogP contribution in [0.3, 0.4) is 0 Å². The van der Waals surface area contributed by atoms with Gasteiger partial charge >= 0.3 is 0 Å². The molecule has 0 atom stereocenters. The number of hydrogen-bond donors (Lipinski definition) is 2. The van der Waals surface area contributed by atoms with Gasteiger partial charge in [0.15, 0.2) is 0 Å². The van der Waals surface area contributed by atoms with E-state index in [1.807, 2.05) is 0 Å². The van der Waals surface area contributed by atoms with Crippen LogP contribution in [0.1, 0.15) is 35.2 Å². The summed E-state index contributed by atoms with van der Waals surface area (Å²) in [5.74, 6) is -1.24. The molecule has 1 saturated carbocycles. The maximum absolute atomic E-state index is 13.5. The third-order valence-corrected chi connectivity index (χ3v) is 4.85. The van der Waals surface area contributed by atoms with Crippen molar-refractivity contribution in [1.82, 2.24) is 0 Å². The first-order valence-electron chi connectivity index (χ1n) is 7.59. The first-order valence-corrected chi connectivity index (χ1v) is 7.97. The van der Waals surface area contributed by atoms with Crippen LogP contribution in [0.15, 0.2) is 42.5 Å². The highest BCUT2D eigenvalue weighted by molar-refractivity contribution is 6.34. The molecule has 124 valence electrons. The molecule has 3 rings (SSSR count). The van der Waals surface area contributed by atoms with Crippen molar-refractivity contribution in [1.29, 1.82) is 0 Å². The number of nitrogens with one attached hydrogen (secondary N) is 1. The number of carbonyl (C=O) groups excluding carboxylic acids is 2. The second-order valence-corrected chi connectivity index (χ2v) is 6.37. The number of benzene rings is 2. The van der Waals surface area contributed by atoms with Crippen molar-refractivity contribution < 1.29 is 14.0 Å². The molecule has 6 heteroatoms. The van der Waals surface area contributed by atoms with Gasteiger partial charge in [0.1, 0.15) is 5.82 Å². The Morgan fingerprint density at radius 3 is 2.50 bits per heavy atom. The highest BCUT2D eigenvalue weighted by atomic mass is 35.5. The van der Waals surface area contributed by atoms with E-state index in [4.69, 9.17) is 17.3 Å². The van der Waals surface area contributed by atoms with Gasteiger partial charge in [-0.3, -0.25) is 9.59 Å². The molecule has 2 amide bonds. The summed E-state index contributed by atoms with van der Waals surface area (Å²) >= 11 is 6.10. The second kappa shape index (κ2) is 6.24. The van der Waals surface area contributed by atoms with Crippen LogP contribution in [0.4, 0.5) is 10.1 Å². The first-order chi connectivity index (χ1) is 11.4. The fourth-order valence-corrected chi connectivity index (χ4v) is 3.14. The van der Waals surface area contributed by atoms with Crippen molar-refractivity contribution >= 4 is 29.1 Å². The predicted molar refractivity (Wildman–Crippen MR) is 90.5 cm³/mol. The van der Waals surface area contributed by atoms with Gasteiger partial charge in [0.05, 0.1) is 16.1 Å². The van der Waals surface area contributed by atoms with Crippen LogP contribution in [0.5, 0.6) is 0 Å². The van der Waals surface area contributed by atoms with Crippen molar-refractivity contribution in [3.63, 3.8) is 0 Å². The fourth-order valence-electron chi connectivity index (χ4n) is 2.98. The van der Waals surface area contributed by atoms with Crippen molar-refractivity contribution in [3.05, 3.63) is 64.4 Å². The molecule has 4 nitrogen and oxygen atoms in total. The third-order valence-electron chi connectivity index (χ3n) is 4.52. The highest BCUT2D eigenvalue weighted by Gasteiger charge is 2.45. The molecule has 1 fully saturated rings. The standard InChI is InChI=1S/C18H16ClFN2O2/c19-14-6-5-11(16(21)23)9-15(14)22-17(24)18(7-2-8-18)12-3-1-4-13(20)10-12/h1,3-6,9-10H,2,7-8H2,(H2,21,23)(H,22,24). The number of nitrogens with two attached hydrogens (primary N) is 1. The van der Waals surface area contributed by atoms with Gasteiger partial charge < -0.3 is 11.1 Å². The summed E-state index contributed by atoms with van der Waals surface area (Å²) < 4.78 is 13.5. The van der Waals surface area contributed by atoms with Crippen molar-refractivity contribution in [2.24, 2.45) is 5.73 Å². The van der Waals surface area contributed by atoms with E-state index in [9.17, 15) is 14.0 Å². The number of amides is 2. The molecule has 0 aliphatic heterocycles. The van der Waals surface area contributed by atoms with E-state index in [1.54, 1.807) is 12.1 Å². The van der Waals surface area contributed by atoms with E-state index >= 15 is 0 Å². The maximum atomic E-state index is 13.5. The summed E-state index contributed by atoms with van der Waals surface area (Å²) in [7, 11) is 0. The zero-order valence-corrected chi connectivity index (χ0v) is 13.6. The molecular weight excluding hydrogens is 331 g/mol. The molecule has 24 heavy (non-hydrogen) atoms. The van der Waals surface area contributed by atoms with E-state index in [0.717, 1.165) is 6.42 Å². The van der Waals surface area contributed by atoms with Gasteiger partial charge in [0.2, 0.25) is 11.8 Å². The average molecular weight is 347 g/mol. The van der Waals surface area contributed by atoms with Crippen LogP contribution >= 0.6 is 11.6 Å². The van der Waals surface area contributed by atoms with E-state index in [2.05, 4.69) is 5.32 Å². The largest absolute Gasteiger partial charge is 0.366 e. The van der Waals surface area contributed by atoms with Crippen molar-refractivity contribution in [2.45, 2.75) is 24.7 Å². The van der Waals surface area contributed by atoms with Gasteiger partial charge in [-0.25, -0.2) is 4.39 Å². The first kappa shape index (κ1) is 16.5. The van der Waals surface area contributed by atoms with Crippen LogP contribution in [0.2, 0.25) is 5.02 Å². The second-order valence-electron chi connectivity index (χ2n) is 5.96. The van der Waals surface area contributed by atoms with Gasteiger partial charge in [0, 0.05) is 5.56 Å². The Morgan fingerprint density at radius 2 is 1.92 bits per heavy atom. The monoisotopic (exact) mass is 346 g/mol. The van der Waals surface area contributed by atoms with E-state index in [-0.39, 0.29) is 17.3 Å². The van der Waals surface area contributed by atoms with Crippen LogP contribution in [-0.4, -0.2) is 11.8 Å². The van der Waals surface area contributed by atoms with Gasteiger partial charge in [0.25, 0.3) is 0 Å². The van der Waals surface area contributed by atoms with Crippen LogP contribution in [-0.2, 0) is 10.2 Å². The molecule has 2 aromatic carbocycles. The summed E-state index contributed by atoms with van der Waals surface area (Å²) in [6, 6.07) is 10.5. The topological polar surface area (TPSA) is 72.2 Å². The number of anilines is 1. The third kappa shape index (κ3) is 2.87. The maximum Gasteiger partial charge on any atom is 0.248 e. The number of rotatable bonds is 4. The zero-order chi connectivity index (χ0) is 17.3. The van der Waals surface area contributed by atoms with Crippen LogP contribution in [0, 0.1) is 5.82 Å². The quantitative estimate of drug-likeness (QED) is 0.887. The van der Waals surface area contributed by atoms with Crippen LogP contribution in [0.25, 0.3) is 0 Å². The van der Waals surface area contributed by atoms with Crippen molar-refractivity contribution in [3.8, 4) is 0 Å². The normalized spacial score (nSPS) is 15.4. The molecule has 1 aliphatic carbocycles. The fraction of sp³-hybridized carbons (Fsp3) is 0.222. The Bertz CT molecular complexity index is 818. The SMILES string of the molecule is NC(=O)c1ccc(Cl)c(NC(=O)C2(c3cccc(F)c3)CCC2)c1. The summed E-state index contributed by atoms with van der Waals surface area (Å²) in [5, 5.41) is 3.07. The molecule has 3 N–H and O–H groups in total. The minimum absolute atomic E-state index is 0.253. The Hall–Kier alpha value is -2.40. The molecule has 0 unspecified atom stereocenters. The molecular formula is C18H16ClFN2O2. The Balaban J connectivity index is 1.91. The van der Waals surface area contributed by atoms with E-state index < -0.39 is 11.3 Å². The highest BCUT2D eigenvalue weighted by Crippen LogP contribution is 2.45. The summed E-state index contributed by atoms with van der Waals surface area (Å²) in [6.07, 6.45) is 2.16. The van der Waals surface area contributed by atoms with Crippen molar-refractivity contribution in [2.75, 3.05) is 5.32 Å². The molecule has 1 aliphatic rings. The van der Waals surface area contributed by atoms with Gasteiger partial charge in [-0.05, 0) is 48.7 Å². The molecule has 2 aromatic rings. The summed E-state index contributed by atoms with van der Waals surface area (Å²) in [6.45, 7) is 0. The smallest absolute Gasteiger partial charge is 0.248 e.